The molecule has 6 nitrogen and oxygen atoms in total. The van der Waals surface area contributed by atoms with Crippen LogP contribution in [0.15, 0.2) is 12.1 Å². The maximum Gasteiger partial charge on any atom is 0.220 e. The van der Waals surface area contributed by atoms with Crippen molar-refractivity contribution in [2.24, 2.45) is 0 Å². The Bertz CT molecular complexity index is 805. The number of amides is 1. The van der Waals surface area contributed by atoms with E-state index < -0.39 is 0 Å². The smallest absolute Gasteiger partial charge is 0.220 e. The highest BCUT2D eigenvalue weighted by Crippen LogP contribution is 2.42. The van der Waals surface area contributed by atoms with Crippen molar-refractivity contribution >= 4 is 29.1 Å². The van der Waals surface area contributed by atoms with E-state index in [1.165, 1.54) is 0 Å². The SMILES string of the molecule is O=C1CC(c2nnc3n2CC(c2c(O)ccc(Cl)c2Cl)C3)CN1. The average Bonchev–Trinajstić information content (AvgIpc) is 3.19. The van der Waals surface area contributed by atoms with E-state index in [4.69, 9.17) is 23.2 Å². The Labute approximate surface area is 142 Å². The number of carbonyl (C=O) groups is 1. The standard InChI is InChI=1S/C15H14Cl2N4O2/c16-9-1-2-10(22)13(14(9)17)8-3-11-19-20-15(21(11)6-8)7-4-12(23)18-5-7/h1-2,7-8,22H,3-6H2,(H,18,23). The highest BCUT2D eigenvalue weighted by Gasteiger charge is 2.35. The van der Waals surface area contributed by atoms with Crippen molar-refractivity contribution in [2.75, 3.05) is 6.54 Å². The summed E-state index contributed by atoms with van der Waals surface area (Å²) in [6, 6.07) is 3.14. The average molecular weight is 353 g/mol. The summed E-state index contributed by atoms with van der Waals surface area (Å²) >= 11 is 12.4. The maximum absolute atomic E-state index is 11.4. The molecule has 120 valence electrons. The molecule has 2 aliphatic heterocycles. The fourth-order valence-corrected chi connectivity index (χ4v) is 3.91. The first-order chi connectivity index (χ1) is 11.0. The molecular weight excluding hydrogens is 339 g/mol. The van der Waals surface area contributed by atoms with Crippen LogP contribution in [-0.4, -0.2) is 32.3 Å². The molecule has 3 heterocycles. The minimum atomic E-state index is -0.00415. The van der Waals surface area contributed by atoms with E-state index in [2.05, 4.69) is 15.5 Å². The van der Waals surface area contributed by atoms with Crippen LogP contribution in [-0.2, 0) is 17.8 Å². The number of rotatable bonds is 2. The molecule has 0 bridgehead atoms. The molecule has 4 rings (SSSR count). The van der Waals surface area contributed by atoms with Gasteiger partial charge in [-0.3, -0.25) is 4.79 Å². The Kier molecular flexibility index (Phi) is 3.46. The largest absolute Gasteiger partial charge is 0.508 e. The van der Waals surface area contributed by atoms with Crippen molar-refractivity contribution in [2.45, 2.75) is 31.2 Å². The Morgan fingerprint density at radius 2 is 2.04 bits per heavy atom. The number of nitrogens with one attached hydrogen (secondary N) is 1. The first-order valence-corrected chi connectivity index (χ1v) is 8.15. The van der Waals surface area contributed by atoms with Gasteiger partial charge in [0.25, 0.3) is 0 Å². The van der Waals surface area contributed by atoms with Crippen LogP contribution in [0.25, 0.3) is 0 Å². The molecule has 2 aliphatic rings. The molecule has 1 amide bonds. The third-order valence-corrected chi connectivity index (χ3v) is 5.37. The number of hydrogen-bond donors (Lipinski definition) is 2. The van der Waals surface area contributed by atoms with Gasteiger partial charge < -0.3 is 15.0 Å². The lowest BCUT2D eigenvalue weighted by molar-refractivity contribution is -0.119. The summed E-state index contributed by atoms with van der Waals surface area (Å²) in [5, 5.41) is 22.3. The zero-order valence-electron chi connectivity index (χ0n) is 12.1. The van der Waals surface area contributed by atoms with Gasteiger partial charge in [0.1, 0.15) is 17.4 Å². The molecule has 0 radical (unpaired) electrons. The van der Waals surface area contributed by atoms with Gasteiger partial charge in [0.2, 0.25) is 5.91 Å². The summed E-state index contributed by atoms with van der Waals surface area (Å²) < 4.78 is 2.03. The maximum atomic E-state index is 11.4. The van der Waals surface area contributed by atoms with Crippen molar-refractivity contribution in [3.63, 3.8) is 0 Å². The van der Waals surface area contributed by atoms with E-state index in [-0.39, 0.29) is 23.5 Å². The molecule has 2 atom stereocenters. The lowest BCUT2D eigenvalue weighted by Gasteiger charge is -2.15. The van der Waals surface area contributed by atoms with Crippen molar-refractivity contribution in [3.05, 3.63) is 39.4 Å². The van der Waals surface area contributed by atoms with Crippen molar-refractivity contribution in [1.82, 2.24) is 20.1 Å². The quantitative estimate of drug-likeness (QED) is 0.868. The first kappa shape index (κ1) is 14.8. The highest BCUT2D eigenvalue weighted by atomic mass is 35.5. The number of fused-ring (bicyclic) bond motifs is 1. The van der Waals surface area contributed by atoms with Crippen LogP contribution in [0.5, 0.6) is 5.75 Å². The Morgan fingerprint density at radius 1 is 1.22 bits per heavy atom. The number of carbonyl (C=O) groups excluding carboxylic acids is 1. The second kappa shape index (κ2) is 5.39. The lowest BCUT2D eigenvalue weighted by atomic mass is 9.96. The Morgan fingerprint density at radius 3 is 2.78 bits per heavy atom. The second-order valence-corrected chi connectivity index (χ2v) is 6.77. The van der Waals surface area contributed by atoms with Gasteiger partial charge in [0.05, 0.1) is 10.0 Å². The zero-order chi connectivity index (χ0) is 16.1. The first-order valence-electron chi connectivity index (χ1n) is 7.40. The minimum Gasteiger partial charge on any atom is -0.508 e. The lowest BCUT2D eigenvalue weighted by Crippen LogP contribution is -2.15. The van der Waals surface area contributed by atoms with Gasteiger partial charge in [0.15, 0.2) is 0 Å². The number of phenolic OH excluding ortho intramolecular Hbond substituents is 1. The van der Waals surface area contributed by atoms with Gasteiger partial charge in [-0.15, -0.1) is 10.2 Å². The normalized spacial score (nSPS) is 23.1. The third-order valence-electron chi connectivity index (χ3n) is 4.55. The van der Waals surface area contributed by atoms with E-state index in [1.54, 1.807) is 12.1 Å². The molecule has 2 aromatic rings. The number of aromatic nitrogens is 3. The fraction of sp³-hybridized carbons (Fsp3) is 0.400. The number of halogens is 2. The number of nitrogens with zero attached hydrogens (tertiary/aromatic N) is 3. The molecular formula is C15H14Cl2N4O2. The van der Waals surface area contributed by atoms with Crippen molar-refractivity contribution < 1.29 is 9.90 Å². The van der Waals surface area contributed by atoms with Crippen LogP contribution in [0.2, 0.25) is 10.0 Å². The number of hydrogen-bond acceptors (Lipinski definition) is 4. The van der Waals surface area contributed by atoms with E-state index in [0.29, 0.717) is 41.5 Å². The molecule has 8 heteroatoms. The van der Waals surface area contributed by atoms with Gasteiger partial charge in [-0.05, 0) is 12.1 Å². The summed E-state index contributed by atoms with van der Waals surface area (Å²) in [5.41, 5.74) is 0.649. The van der Waals surface area contributed by atoms with Crippen LogP contribution in [0.3, 0.4) is 0 Å². The molecule has 0 spiro atoms. The summed E-state index contributed by atoms with van der Waals surface area (Å²) in [7, 11) is 0. The zero-order valence-corrected chi connectivity index (χ0v) is 13.6. The number of benzene rings is 1. The van der Waals surface area contributed by atoms with Crippen LogP contribution < -0.4 is 5.32 Å². The minimum absolute atomic E-state index is 0.00415. The topological polar surface area (TPSA) is 80.0 Å². The molecule has 1 saturated heterocycles. The Hall–Kier alpha value is -1.79. The molecule has 1 aromatic carbocycles. The summed E-state index contributed by atoms with van der Waals surface area (Å²) in [4.78, 5) is 11.4. The van der Waals surface area contributed by atoms with E-state index in [0.717, 1.165) is 11.6 Å². The van der Waals surface area contributed by atoms with E-state index >= 15 is 0 Å². The van der Waals surface area contributed by atoms with Gasteiger partial charge in [-0.25, -0.2) is 0 Å². The molecule has 1 fully saturated rings. The predicted octanol–water partition coefficient (Wildman–Crippen LogP) is 2.23. The van der Waals surface area contributed by atoms with E-state index in [1.807, 2.05) is 4.57 Å². The van der Waals surface area contributed by atoms with Crippen LogP contribution in [0.4, 0.5) is 0 Å². The van der Waals surface area contributed by atoms with Crippen molar-refractivity contribution in [1.29, 1.82) is 0 Å². The molecule has 2 N–H and O–H groups in total. The van der Waals surface area contributed by atoms with Crippen molar-refractivity contribution in [3.8, 4) is 5.75 Å². The predicted molar refractivity (Wildman–Crippen MR) is 85.0 cm³/mol. The number of phenols is 1. The number of aromatic hydroxyl groups is 1. The highest BCUT2D eigenvalue weighted by molar-refractivity contribution is 6.42. The monoisotopic (exact) mass is 352 g/mol. The van der Waals surface area contributed by atoms with Crippen LogP contribution in [0.1, 0.15) is 35.5 Å². The molecule has 1 aromatic heterocycles. The summed E-state index contributed by atoms with van der Waals surface area (Å²) in [6.07, 6.45) is 1.07. The second-order valence-electron chi connectivity index (χ2n) is 5.99. The molecule has 0 aliphatic carbocycles. The van der Waals surface area contributed by atoms with Gasteiger partial charge in [-0.1, -0.05) is 23.2 Å². The fourth-order valence-electron chi connectivity index (χ4n) is 3.43. The Balaban J connectivity index is 1.66. The summed E-state index contributed by atoms with van der Waals surface area (Å²) in [5.74, 6) is 1.89. The molecule has 23 heavy (non-hydrogen) atoms. The van der Waals surface area contributed by atoms with Gasteiger partial charge in [0, 0.05) is 43.3 Å². The van der Waals surface area contributed by atoms with Crippen LogP contribution >= 0.6 is 23.2 Å². The molecule has 0 saturated carbocycles. The van der Waals surface area contributed by atoms with E-state index in [9.17, 15) is 9.90 Å². The van der Waals surface area contributed by atoms with Crippen LogP contribution in [0, 0.1) is 0 Å². The summed E-state index contributed by atoms with van der Waals surface area (Å²) in [6.45, 7) is 1.21. The molecule has 2 unspecified atom stereocenters. The third kappa shape index (κ3) is 2.37. The van der Waals surface area contributed by atoms with Gasteiger partial charge in [-0.2, -0.15) is 0 Å². The van der Waals surface area contributed by atoms with Gasteiger partial charge >= 0.3 is 0 Å².